The summed E-state index contributed by atoms with van der Waals surface area (Å²) in [6.45, 7) is 0. The first-order valence-corrected chi connectivity index (χ1v) is 5.81. The third-order valence-corrected chi connectivity index (χ3v) is 2.85. The zero-order valence-electron chi connectivity index (χ0n) is 9.25. The van der Waals surface area contributed by atoms with Gasteiger partial charge in [-0.15, -0.1) is 0 Å². The molecule has 2 heteroatoms. The predicted octanol–water partition coefficient (Wildman–Crippen LogP) is 4.09. The monoisotopic (exact) mass is 244 g/mol. The van der Waals surface area contributed by atoms with Crippen LogP contribution in [0.25, 0.3) is 6.08 Å². The molecule has 1 N–H and O–H groups in total. The van der Waals surface area contributed by atoms with Crippen molar-refractivity contribution in [3.05, 3.63) is 76.8 Å². The van der Waals surface area contributed by atoms with E-state index in [0.717, 1.165) is 11.1 Å². The Bertz CT molecular complexity index is 505. The second kappa shape index (κ2) is 5.67. The van der Waals surface area contributed by atoms with Crippen LogP contribution in [0.5, 0.6) is 0 Å². The van der Waals surface area contributed by atoms with Gasteiger partial charge >= 0.3 is 0 Å². The first-order chi connectivity index (χ1) is 8.27. The third-order valence-electron chi connectivity index (χ3n) is 2.50. The Kier molecular flexibility index (Phi) is 3.97. The molecule has 1 nitrogen and oxygen atoms in total. The van der Waals surface area contributed by atoms with Gasteiger partial charge < -0.3 is 5.11 Å². The van der Waals surface area contributed by atoms with Gasteiger partial charge in [0.25, 0.3) is 0 Å². The van der Waals surface area contributed by atoms with Crippen molar-refractivity contribution in [3.8, 4) is 0 Å². The number of aliphatic hydroxyl groups is 1. The van der Waals surface area contributed by atoms with Crippen molar-refractivity contribution in [1.82, 2.24) is 0 Å². The number of halogens is 1. The van der Waals surface area contributed by atoms with Gasteiger partial charge in [0.1, 0.15) is 0 Å². The molecule has 86 valence electrons. The molecule has 0 amide bonds. The summed E-state index contributed by atoms with van der Waals surface area (Å²) in [6, 6.07) is 17.1. The number of benzene rings is 2. The van der Waals surface area contributed by atoms with E-state index in [2.05, 4.69) is 0 Å². The van der Waals surface area contributed by atoms with Crippen LogP contribution >= 0.6 is 11.6 Å². The number of hydrogen-bond acceptors (Lipinski definition) is 1. The van der Waals surface area contributed by atoms with Gasteiger partial charge in [-0.3, -0.25) is 0 Å². The minimum atomic E-state index is -0.604. The molecule has 2 rings (SSSR count). The fourth-order valence-corrected chi connectivity index (χ4v) is 1.77. The lowest BCUT2D eigenvalue weighted by molar-refractivity contribution is 0.229. The Morgan fingerprint density at radius 3 is 2.29 bits per heavy atom. The van der Waals surface area contributed by atoms with Crippen LogP contribution in [-0.4, -0.2) is 5.11 Å². The standard InChI is InChI=1S/C15H13ClO/c16-14-9-5-4-6-12(14)10-11-15(17)13-7-2-1-3-8-13/h1-11,15,17H/b11-10+/t15-/m1/s1. The summed E-state index contributed by atoms with van der Waals surface area (Å²) in [5.74, 6) is 0. The summed E-state index contributed by atoms with van der Waals surface area (Å²) < 4.78 is 0. The predicted molar refractivity (Wildman–Crippen MR) is 71.9 cm³/mol. The summed E-state index contributed by atoms with van der Waals surface area (Å²) in [4.78, 5) is 0. The van der Waals surface area contributed by atoms with Gasteiger partial charge in [0.15, 0.2) is 0 Å². The van der Waals surface area contributed by atoms with Crippen LogP contribution in [0.3, 0.4) is 0 Å². The molecule has 0 aliphatic heterocycles. The lowest BCUT2D eigenvalue weighted by Crippen LogP contribution is -1.91. The summed E-state index contributed by atoms with van der Waals surface area (Å²) in [6.07, 6.45) is 2.96. The van der Waals surface area contributed by atoms with Gasteiger partial charge in [-0.25, -0.2) is 0 Å². The number of hydrogen-bond donors (Lipinski definition) is 1. The molecule has 0 radical (unpaired) electrons. The van der Waals surface area contributed by atoms with E-state index in [-0.39, 0.29) is 0 Å². The molecule has 0 aliphatic rings. The lowest BCUT2D eigenvalue weighted by Gasteiger charge is -2.05. The lowest BCUT2D eigenvalue weighted by atomic mass is 10.1. The Morgan fingerprint density at radius 1 is 0.941 bits per heavy atom. The van der Waals surface area contributed by atoms with Crippen molar-refractivity contribution in [2.75, 3.05) is 0 Å². The second-order valence-electron chi connectivity index (χ2n) is 3.74. The van der Waals surface area contributed by atoms with Crippen LogP contribution in [0.15, 0.2) is 60.7 Å². The minimum absolute atomic E-state index is 0.604. The number of aliphatic hydroxyl groups excluding tert-OH is 1. The maximum atomic E-state index is 9.94. The molecule has 0 saturated heterocycles. The molecule has 0 aliphatic carbocycles. The van der Waals surface area contributed by atoms with Crippen molar-refractivity contribution < 1.29 is 5.11 Å². The van der Waals surface area contributed by atoms with Gasteiger partial charge in [-0.05, 0) is 17.2 Å². The average molecular weight is 245 g/mol. The first-order valence-electron chi connectivity index (χ1n) is 5.43. The van der Waals surface area contributed by atoms with Crippen LogP contribution in [0.2, 0.25) is 5.02 Å². The highest BCUT2D eigenvalue weighted by Gasteiger charge is 2.01. The molecule has 1 atom stereocenters. The van der Waals surface area contributed by atoms with E-state index < -0.39 is 6.10 Å². The van der Waals surface area contributed by atoms with Gasteiger partial charge in [0, 0.05) is 5.02 Å². The van der Waals surface area contributed by atoms with Crippen LogP contribution in [0.4, 0.5) is 0 Å². The molecule has 2 aromatic carbocycles. The van der Waals surface area contributed by atoms with Gasteiger partial charge in [0.05, 0.1) is 6.10 Å². The quantitative estimate of drug-likeness (QED) is 0.862. The fourth-order valence-electron chi connectivity index (χ4n) is 1.57. The van der Waals surface area contributed by atoms with E-state index in [0.29, 0.717) is 5.02 Å². The van der Waals surface area contributed by atoms with Crippen molar-refractivity contribution in [2.45, 2.75) is 6.10 Å². The Hall–Kier alpha value is -1.57. The van der Waals surface area contributed by atoms with Gasteiger partial charge in [-0.1, -0.05) is 72.3 Å². The average Bonchev–Trinajstić information content (AvgIpc) is 2.38. The largest absolute Gasteiger partial charge is 0.384 e. The summed E-state index contributed by atoms with van der Waals surface area (Å²) in [7, 11) is 0. The topological polar surface area (TPSA) is 20.2 Å². The summed E-state index contributed by atoms with van der Waals surface area (Å²) in [5, 5.41) is 10.6. The second-order valence-corrected chi connectivity index (χ2v) is 4.14. The highest BCUT2D eigenvalue weighted by atomic mass is 35.5. The molecular weight excluding hydrogens is 232 g/mol. The maximum absolute atomic E-state index is 9.94. The van der Waals surface area contributed by atoms with E-state index in [4.69, 9.17) is 11.6 Å². The van der Waals surface area contributed by atoms with Crippen molar-refractivity contribution in [2.24, 2.45) is 0 Å². The van der Waals surface area contributed by atoms with Crippen molar-refractivity contribution in [3.63, 3.8) is 0 Å². The van der Waals surface area contributed by atoms with Crippen LogP contribution < -0.4 is 0 Å². The number of rotatable bonds is 3. The van der Waals surface area contributed by atoms with E-state index in [1.165, 1.54) is 0 Å². The molecular formula is C15H13ClO. The molecule has 0 unspecified atom stereocenters. The van der Waals surface area contributed by atoms with Gasteiger partial charge in [0.2, 0.25) is 0 Å². The summed E-state index contributed by atoms with van der Waals surface area (Å²) >= 11 is 6.02. The highest BCUT2D eigenvalue weighted by Crippen LogP contribution is 2.19. The molecule has 2 aromatic rings. The maximum Gasteiger partial charge on any atom is 0.0975 e. The fraction of sp³-hybridized carbons (Fsp3) is 0.0667. The van der Waals surface area contributed by atoms with E-state index in [1.807, 2.05) is 60.7 Å². The van der Waals surface area contributed by atoms with E-state index >= 15 is 0 Å². The normalized spacial score (nSPS) is 12.8. The van der Waals surface area contributed by atoms with E-state index in [9.17, 15) is 5.11 Å². The van der Waals surface area contributed by atoms with Crippen LogP contribution in [-0.2, 0) is 0 Å². The molecule has 0 heterocycles. The zero-order chi connectivity index (χ0) is 12.1. The SMILES string of the molecule is O[C@H](/C=C/c1ccccc1Cl)c1ccccc1. The van der Waals surface area contributed by atoms with Crippen molar-refractivity contribution in [1.29, 1.82) is 0 Å². The highest BCUT2D eigenvalue weighted by molar-refractivity contribution is 6.32. The molecule has 0 fully saturated rings. The van der Waals surface area contributed by atoms with Crippen LogP contribution in [0.1, 0.15) is 17.2 Å². The Morgan fingerprint density at radius 2 is 1.59 bits per heavy atom. The Balaban J connectivity index is 2.14. The Labute approximate surface area is 106 Å². The van der Waals surface area contributed by atoms with Gasteiger partial charge in [-0.2, -0.15) is 0 Å². The van der Waals surface area contributed by atoms with Crippen LogP contribution in [0, 0.1) is 0 Å². The third kappa shape index (κ3) is 3.19. The van der Waals surface area contributed by atoms with E-state index in [1.54, 1.807) is 6.08 Å². The molecule has 0 bridgehead atoms. The molecule has 0 saturated carbocycles. The van der Waals surface area contributed by atoms with Crippen molar-refractivity contribution >= 4 is 17.7 Å². The molecule has 17 heavy (non-hydrogen) atoms. The first kappa shape index (κ1) is 11.9. The summed E-state index contributed by atoms with van der Waals surface area (Å²) in [5.41, 5.74) is 1.78. The molecule has 0 spiro atoms. The minimum Gasteiger partial charge on any atom is -0.384 e. The zero-order valence-corrected chi connectivity index (χ0v) is 10.0. The smallest absolute Gasteiger partial charge is 0.0975 e. The molecule has 0 aromatic heterocycles.